The minimum absolute atomic E-state index is 0.0564. The van der Waals surface area contributed by atoms with Crippen LogP contribution >= 0.6 is 0 Å². The lowest BCUT2D eigenvalue weighted by Gasteiger charge is -2.09. The van der Waals surface area contributed by atoms with Gasteiger partial charge in [-0.05, 0) is 36.2 Å². The summed E-state index contributed by atoms with van der Waals surface area (Å²) in [5, 5.41) is 10.5. The van der Waals surface area contributed by atoms with Gasteiger partial charge in [-0.15, -0.1) is 0 Å². The van der Waals surface area contributed by atoms with Gasteiger partial charge in [-0.25, -0.2) is 4.39 Å². The molecule has 0 radical (unpaired) electrons. The van der Waals surface area contributed by atoms with E-state index < -0.39 is 16.4 Å². The van der Waals surface area contributed by atoms with Gasteiger partial charge in [0.2, 0.25) is 5.82 Å². The molecule has 0 saturated carbocycles. The van der Waals surface area contributed by atoms with Crippen LogP contribution in [0, 0.1) is 28.7 Å². The van der Waals surface area contributed by atoms with Crippen molar-refractivity contribution in [3.63, 3.8) is 0 Å². The van der Waals surface area contributed by atoms with Gasteiger partial charge in [-0.3, -0.25) is 10.1 Å². The highest BCUT2D eigenvalue weighted by molar-refractivity contribution is 5.38. The minimum Gasteiger partial charge on any atom is -0.489 e. The molecule has 0 spiro atoms. The highest BCUT2D eigenvalue weighted by Gasteiger charge is 2.14. The number of hydrogen-bond donors (Lipinski definition) is 0. The topological polar surface area (TPSA) is 52.4 Å². The van der Waals surface area contributed by atoms with Gasteiger partial charge in [-0.1, -0.05) is 6.07 Å². The summed E-state index contributed by atoms with van der Waals surface area (Å²) in [7, 11) is 0. The molecule has 0 amide bonds. The van der Waals surface area contributed by atoms with Crippen molar-refractivity contribution in [3.8, 4) is 5.75 Å². The van der Waals surface area contributed by atoms with Crippen LogP contribution in [0.4, 0.5) is 14.5 Å². The van der Waals surface area contributed by atoms with Crippen LogP contribution in [0.3, 0.4) is 0 Å². The molecule has 0 unspecified atom stereocenters. The van der Waals surface area contributed by atoms with Crippen LogP contribution in [0.25, 0.3) is 0 Å². The van der Waals surface area contributed by atoms with E-state index in [1.807, 2.05) is 0 Å². The summed E-state index contributed by atoms with van der Waals surface area (Å²) in [6.45, 7) is 1.86. The number of rotatable bonds is 4. The lowest BCUT2D eigenvalue weighted by molar-refractivity contribution is -0.387. The first-order valence-corrected chi connectivity index (χ1v) is 5.79. The third-order valence-corrected chi connectivity index (χ3v) is 2.82. The quantitative estimate of drug-likeness (QED) is 0.632. The lowest BCUT2D eigenvalue weighted by atomic mass is 10.1. The average Bonchev–Trinajstić information content (AvgIpc) is 2.39. The number of halogens is 2. The Morgan fingerprint density at radius 1 is 1.20 bits per heavy atom. The Balaban J connectivity index is 2.13. The van der Waals surface area contributed by atoms with Crippen LogP contribution in [-0.4, -0.2) is 4.92 Å². The van der Waals surface area contributed by atoms with Crippen molar-refractivity contribution in [2.45, 2.75) is 13.5 Å². The smallest absolute Gasteiger partial charge is 0.305 e. The standard InChI is InChI=1S/C14H11F2NO3/c1-9-2-3-11(15)6-10(9)8-20-12-4-5-14(17(18)19)13(16)7-12/h2-7H,8H2,1H3. The molecule has 104 valence electrons. The molecule has 6 heteroatoms. The first-order valence-electron chi connectivity index (χ1n) is 5.79. The van der Waals surface area contributed by atoms with Crippen molar-refractivity contribution in [2.24, 2.45) is 0 Å². The normalized spacial score (nSPS) is 10.3. The molecule has 2 rings (SSSR count). The van der Waals surface area contributed by atoms with Gasteiger partial charge in [0.15, 0.2) is 0 Å². The summed E-state index contributed by atoms with van der Waals surface area (Å²) >= 11 is 0. The largest absolute Gasteiger partial charge is 0.489 e. The Morgan fingerprint density at radius 3 is 2.60 bits per heavy atom. The number of nitrogens with zero attached hydrogens (tertiary/aromatic N) is 1. The number of aryl methyl sites for hydroxylation is 1. The molecule has 0 aliphatic rings. The van der Waals surface area contributed by atoms with Crippen molar-refractivity contribution >= 4 is 5.69 Å². The van der Waals surface area contributed by atoms with E-state index in [1.165, 1.54) is 18.2 Å². The second kappa shape index (κ2) is 5.64. The Labute approximate surface area is 113 Å². The molecule has 0 atom stereocenters. The van der Waals surface area contributed by atoms with E-state index in [1.54, 1.807) is 13.0 Å². The second-order valence-corrected chi connectivity index (χ2v) is 4.23. The molecule has 0 N–H and O–H groups in total. The zero-order valence-electron chi connectivity index (χ0n) is 10.6. The molecule has 0 fully saturated rings. The predicted molar refractivity (Wildman–Crippen MR) is 68.5 cm³/mol. The van der Waals surface area contributed by atoms with Crippen molar-refractivity contribution < 1.29 is 18.4 Å². The molecule has 0 saturated heterocycles. The molecular formula is C14H11F2NO3. The monoisotopic (exact) mass is 279 g/mol. The third-order valence-electron chi connectivity index (χ3n) is 2.82. The fourth-order valence-corrected chi connectivity index (χ4v) is 1.68. The Bertz CT molecular complexity index is 659. The van der Waals surface area contributed by atoms with Crippen LogP contribution in [0.5, 0.6) is 5.75 Å². The summed E-state index contributed by atoms with van der Waals surface area (Å²) in [6, 6.07) is 7.55. The van der Waals surface area contributed by atoms with Gasteiger partial charge in [-0.2, -0.15) is 4.39 Å². The van der Waals surface area contributed by atoms with Crippen LogP contribution in [0.1, 0.15) is 11.1 Å². The van der Waals surface area contributed by atoms with E-state index in [-0.39, 0.29) is 18.2 Å². The summed E-state index contributed by atoms with van der Waals surface area (Å²) in [5.41, 5.74) is 0.858. The fourth-order valence-electron chi connectivity index (χ4n) is 1.68. The Kier molecular flexibility index (Phi) is 3.93. The second-order valence-electron chi connectivity index (χ2n) is 4.23. The Hall–Kier alpha value is -2.50. The Morgan fingerprint density at radius 2 is 1.95 bits per heavy atom. The summed E-state index contributed by atoms with van der Waals surface area (Å²) in [5.74, 6) is -1.20. The van der Waals surface area contributed by atoms with Crippen molar-refractivity contribution in [1.29, 1.82) is 0 Å². The summed E-state index contributed by atoms with van der Waals surface area (Å²) in [6.07, 6.45) is 0. The maximum atomic E-state index is 13.4. The minimum atomic E-state index is -0.969. The van der Waals surface area contributed by atoms with Gasteiger partial charge < -0.3 is 4.74 Å². The highest BCUT2D eigenvalue weighted by Crippen LogP contribution is 2.23. The van der Waals surface area contributed by atoms with Gasteiger partial charge >= 0.3 is 5.69 Å². The van der Waals surface area contributed by atoms with Gasteiger partial charge in [0.1, 0.15) is 18.2 Å². The van der Waals surface area contributed by atoms with E-state index in [9.17, 15) is 18.9 Å². The summed E-state index contributed by atoms with van der Waals surface area (Å²) in [4.78, 5) is 9.67. The number of hydrogen-bond acceptors (Lipinski definition) is 3. The molecule has 4 nitrogen and oxygen atoms in total. The van der Waals surface area contributed by atoms with E-state index in [4.69, 9.17) is 4.74 Å². The third kappa shape index (κ3) is 3.09. The molecule has 0 heterocycles. The summed E-state index contributed by atoms with van der Waals surface area (Å²) < 4.78 is 31.8. The van der Waals surface area contributed by atoms with Gasteiger partial charge in [0.25, 0.3) is 0 Å². The number of ether oxygens (including phenoxy) is 1. The molecule has 0 aromatic heterocycles. The lowest BCUT2D eigenvalue weighted by Crippen LogP contribution is -2.00. The number of nitro groups is 1. The molecule has 0 bridgehead atoms. The molecule has 20 heavy (non-hydrogen) atoms. The number of nitro benzene ring substituents is 1. The van der Waals surface area contributed by atoms with Crippen LogP contribution in [-0.2, 0) is 6.61 Å². The fraction of sp³-hybridized carbons (Fsp3) is 0.143. The zero-order valence-corrected chi connectivity index (χ0v) is 10.6. The van der Waals surface area contributed by atoms with Crippen molar-refractivity contribution in [3.05, 3.63) is 69.3 Å². The molecule has 2 aromatic carbocycles. The van der Waals surface area contributed by atoms with E-state index in [0.29, 0.717) is 5.56 Å². The zero-order chi connectivity index (χ0) is 14.7. The van der Waals surface area contributed by atoms with Gasteiger partial charge in [0, 0.05) is 12.1 Å². The first kappa shape index (κ1) is 13.9. The van der Waals surface area contributed by atoms with E-state index in [0.717, 1.165) is 17.7 Å². The van der Waals surface area contributed by atoms with E-state index in [2.05, 4.69) is 0 Å². The van der Waals surface area contributed by atoms with Gasteiger partial charge in [0.05, 0.1) is 4.92 Å². The first-order chi connectivity index (χ1) is 9.47. The number of benzene rings is 2. The maximum Gasteiger partial charge on any atom is 0.305 e. The molecular weight excluding hydrogens is 268 g/mol. The average molecular weight is 279 g/mol. The predicted octanol–water partition coefficient (Wildman–Crippen LogP) is 3.76. The van der Waals surface area contributed by atoms with Crippen LogP contribution in [0.15, 0.2) is 36.4 Å². The molecule has 2 aromatic rings. The van der Waals surface area contributed by atoms with Crippen molar-refractivity contribution in [1.82, 2.24) is 0 Å². The maximum absolute atomic E-state index is 13.4. The SMILES string of the molecule is Cc1ccc(F)cc1COc1ccc([N+](=O)[O-])c(F)c1. The highest BCUT2D eigenvalue weighted by atomic mass is 19.1. The van der Waals surface area contributed by atoms with Crippen molar-refractivity contribution in [2.75, 3.05) is 0 Å². The molecule has 0 aliphatic carbocycles. The van der Waals surface area contributed by atoms with E-state index >= 15 is 0 Å². The van der Waals surface area contributed by atoms with Crippen LogP contribution in [0.2, 0.25) is 0 Å². The van der Waals surface area contributed by atoms with Crippen LogP contribution < -0.4 is 4.74 Å². The molecule has 0 aliphatic heterocycles.